The maximum Gasteiger partial charge on any atom is 0.264 e. The molecule has 18 heteroatoms. The van der Waals surface area contributed by atoms with Gasteiger partial charge in [-0.2, -0.15) is 0 Å². The van der Waals surface area contributed by atoms with Crippen LogP contribution in [0.1, 0.15) is 57.7 Å². The Balaban J connectivity index is 0.795. The minimum atomic E-state index is -1.04. The second kappa shape index (κ2) is 19.5. The van der Waals surface area contributed by atoms with E-state index in [-0.39, 0.29) is 82.0 Å². The molecule has 0 radical (unpaired) electrons. The molecule has 2 atom stereocenters. The number of anilines is 1. The molecule has 3 aliphatic rings. The van der Waals surface area contributed by atoms with Crippen LogP contribution in [-0.2, 0) is 44.7 Å². The number of piperidine rings is 1. The van der Waals surface area contributed by atoms with E-state index in [1.165, 1.54) is 11.0 Å². The summed E-state index contributed by atoms with van der Waals surface area (Å²) in [7, 11) is 0. The van der Waals surface area contributed by atoms with Crippen LogP contribution in [0.5, 0.6) is 0 Å². The van der Waals surface area contributed by atoms with Crippen LogP contribution in [0.3, 0.4) is 0 Å². The predicted octanol–water partition coefficient (Wildman–Crippen LogP) is 1.41. The molecule has 0 bridgehead atoms. The number of nitrogens with zero attached hydrogens (tertiary/aromatic N) is 3. The number of thiazole rings is 1. The first-order chi connectivity index (χ1) is 27.6. The highest BCUT2D eigenvalue weighted by atomic mass is 32.1. The molecule has 4 N–H and O–H groups in total. The number of nitrogens with one attached hydrogen (secondary N) is 4. The molecule has 17 nitrogen and oxygen atoms in total. The van der Waals surface area contributed by atoms with Crippen LogP contribution in [-0.4, -0.2) is 127 Å². The quantitative estimate of drug-likeness (QED) is 0.100. The summed E-state index contributed by atoms with van der Waals surface area (Å²) in [6.45, 7) is 3.74. The number of aromatic nitrogens is 1. The van der Waals surface area contributed by atoms with Gasteiger partial charge in [0.05, 0.1) is 66.8 Å². The van der Waals surface area contributed by atoms with Crippen LogP contribution >= 0.6 is 11.3 Å². The van der Waals surface area contributed by atoms with Crippen molar-refractivity contribution >= 4 is 58.4 Å². The summed E-state index contributed by atoms with van der Waals surface area (Å²) in [5, 5.41) is 10.8. The Morgan fingerprint density at radius 2 is 1.67 bits per heavy atom. The number of likely N-dealkylation sites (tertiary alicyclic amines) is 1. The monoisotopic (exact) mass is 803 g/mol. The highest BCUT2D eigenvalue weighted by Gasteiger charge is 2.45. The molecule has 6 rings (SSSR count). The van der Waals surface area contributed by atoms with Gasteiger partial charge < -0.3 is 35.1 Å². The van der Waals surface area contributed by atoms with Gasteiger partial charge in [-0.1, -0.05) is 30.3 Å². The lowest BCUT2D eigenvalue weighted by atomic mass is 10.0. The number of ether oxygens (including phenoxy) is 3. The number of hydrogen-bond acceptors (Lipinski definition) is 13. The first-order valence-electron chi connectivity index (χ1n) is 18.8. The Kier molecular flexibility index (Phi) is 14.1. The summed E-state index contributed by atoms with van der Waals surface area (Å²) in [4.78, 5) is 96.0. The second-order valence-corrected chi connectivity index (χ2v) is 14.4. The average molecular weight is 804 g/mol. The summed E-state index contributed by atoms with van der Waals surface area (Å²) in [5.74, 6) is -3.30. The first kappa shape index (κ1) is 41.1. The van der Waals surface area contributed by atoms with Gasteiger partial charge in [0.2, 0.25) is 29.5 Å². The molecule has 3 aliphatic heterocycles. The molecule has 4 heterocycles. The van der Waals surface area contributed by atoms with Crippen molar-refractivity contribution in [1.82, 2.24) is 30.7 Å². The summed E-state index contributed by atoms with van der Waals surface area (Å²) >= 11 is 1.58. The van der Waals surface area contributed by atoms with Gasteiger partial charge in [0.1, 0.15) is 18.7 Å². The van der Waals surface area contributed by atoms with E-state index in [2.05, 4.69) is 26.3 Å². The Labute approximate surface area is 332 Å². The van der Waals surface area contributed by atoms with Crippen molar-refractivity contribution in [2.24, 2.45) is 0 Å². The van der Waals surface area contributed by atoms with Crippen LogP contribution in [0.4, 0.5) is 5.69 Å². The van der Waals surface area contributed by atoms with Crippen molar-refractivity contribution in [3.8, 4) is 10.4 Å². The van der Waals surface area contributed by atoms with Crippen molar-refractivity contribution in [3.63, 3.8) is 0 Å². The Morgan fingerprint density at radius 1 is 0.912 bits per heavy atom. The molecule has 57 heavy (non-hydrogen) atoms. The Hall–Kier alpha value is -5.56. The Bertz CT molecular complexity index is 1990. The molecule has 7 amide bonds. The third-order valence-corrected chi connectivity index (χ3v) is 10.7. The molecule has 0 spiro atoms. The normalized spacial score (nSPS) is 17.8. The average Bonchev–Trinajstić information content (AvgIpc) is 3.94. The number of hydrogen-bond donors (Lipinski definition) is 4. The zero-order valence-corrected chi connectivity index (χ0v) is 32.3. The maximum absolute atomic E-state index is 13.2. The third kappa shape index (κ3) is 10.3. The standard InChI is InChI=1S/C39H45N7O10S/c1-24-35(57-23-43-24)26-9-7-25(8-10-26)20-42-36(50)29-6-3-14-45(29)33(49)21-41-32(48)22-56-19-18-55-17-16-54-15-13-40-28-5-2-4-27-34(28)39(53)46(38(27)52)30-11-12-31(47)44-37(30)51/h2,4-5,7-10,23,29-30,40H,3,6,11-22H2,1H3,(H,41,48)(H,42,50)(H,44,47,51)/t29-,30?/m0/s1. The van der Waals surface area contributed by atoms with Crippen molar-refractivity contribution < 1.29 is 47.8 Å². The molecule has 1 unspecified atom stereocenters. The summed E-state index contributed by atoms with van der Waals surface area (Å²) in [6.07, 6.45) is 1.37. The van der Waals surface area contributed by atoms with Crippen LogP contribution < -0.4 is 21.3 Å². The number of amides is 7. The zero-order valence-electron chi connectivity index (χ0n) is 31.5. The topological polar surface area (TPSA) is 215 Å². The van der Waals surface area contributed by atoms with Gasteiger partial charge in [-0.25, -0.2) is 4.98 Å². The second-order valence-electron chi connectivity index (χ2n) is 13.6. The van der Waals surface area contributed by atoms with Crippen molar-refractivity contribution in [1.29, 1.82) is 0 Å². The number of fused-ring (bicyclic) bond motifs is 1. The number of benzene rings is 2. The van der Waals surface area contributed by atoms with Gasteiger partial charge >= 0.3 is 0 Å². The highest BCUT2D eigenvalue weighted by molar-refractivity contribution is 7.13. The van der Waals surface area contributed by atoms with Crippen LogP contribution in [0.25, 0.3) is 10.4 Å². The SMILES string of the molecule is Cc1ncsc1-c1ccc(CNC(=O)[C@@H]2CCCN2C(=O)CNC(=O)COCCOCCOCCNc2cccc3c2C(=O)N(C2CCC(=O)NC2=O)C3=O)cc1. The molecular formula is C39H45N7O10S. The molecule has 0 aliphatic carbocycles. The molecule has 2 saturated heterocycles. The number of carbonyl (C=O) groups excluding carboxylic acids is 7. The third-order valence-electron chi connectivity index (χ3n) is 9.75. The summed E-state index contributed by atoms with van der Waals surface area (Å²) < 4.78 is 16.4. The van der Waals surface area contributed by atoms with E-state index in [4.69, 9.17) is 14.2 Å². The fourth-order valence-corrected chi connectivity index (χ4v) is 7.66. The van der Waals surface area contributed by atoms with Crippen molar-refractivity contribution in [2.75, 3.05) is 64.6 Å². The van der Waals surface area contributed by atoms with E-state index in [1.54, 1.807) is 23.5 Å². The van der Waals surface area contributed by atoms with E-state index >= 15 is 0 Å². The molecule has 302 valence electrons. The van der Waals surface area contributed by atoms with Gasteiger partial charge in [0.25, 0.3) is 11.8 Å². The lowest BCUT2D eigenvalue weighted by molar-refractivity contribution is -0.139. The molecule has 2 aromatic carbocycles. The van der Waals surface area contributed by atoms with E-state index in [9.17, 15) is 33.6 Å². The highest BCUT2D eigenvalue weighted by Crippen LogP contribution is 2.32. The minimum Gasteiger partial charge on any atom is -0.382 e. The number of aryl methyl sites for hydroxylation is 1. The zero-order chi connectivity index (χ0) is 40.3. The maximum atomic E-state index is 13.2. The predicted molar refractivity (Wildman–Crippen MR) is 206 cm³/mol. The van der Waals surface area contributed by atoms with Gasteiger partial charge in [-0.15, -0.1) is 11.3 Å². The van der Waals surface area contributed by atoms with E-state index < -0.39 is 41.6 Å². The molecule has 1 aromatic heterocycles. The van der Waals surface area contributed by atoms with Crippen LogP contribution in [0.15, 0.2) is 48.0 Å². The lowest BCUT2D eigenvalue weighted by Gasteiger charge is -2.27. The molecule has 3 aromatic rings. The van der Waals surface area contributed by atoms with E-state index in [0.29, 0.717) is 38.2 Å². The van der Waals surface area contributed by atoms with Crippen LogP contribution in [0, 0.1) is 6.92 Å². The fraction of sp³-hybridized carbons (Fsp3) is 0.436. The molecule has 0 saturated carbocycles. The number of rotatable bonds is 19. The van der Waals surface area contributed by atoms with Gasteiger partial charge in [-0.3, -0.25) is 43.8 Å². The Morgan fingerprint density at radius 3 is 2.40 bits per heavy atom. The van der Waals surface area contributed by atoms with Crippen molar-refractivity contribution in [2.45, 2.75) is 51.2 Å². The first-order valence-corrected chi connectivity index (χ1v) is 19.6. The summed E-state index contributed by atoms with van der Waals surface area (Å²) in [6, 6.07) is 11.1. The summed E-state index contributed by atoms with van der Waals surface area (Å²) in [5.41, 5.74) is 5.60. The van der Waals surface area contributed by atoms with Gasteiger partial charge in [0.15, 0.2) is 0 Å². The minimum absolute atomic E-state index is 0.0428. The van der Waals surface area contributed by atoms with Crippen molar-refractivity contribution in [3.05, 3.63) is 70.4 Å². The lowest BCUT2D eigenvalue weighted by Crippen LogP contribution is -2.54. The van der Waals surface area contributed by atoms with Gasteiger partial charge in [-0.05, 0) is 49.4 Å². The van der Waals surface area contributed by atoms with Crippen LogP contribution in [0.2, 0.25) is 0 Å². The fourth-order valence-electron chi connectivity index (χ4n) is 6.85. The largest absolute Gasteiger partial charge is 0.382 e. The smallest absolute Gasteiger partial charge is 0.264 e. The molecule has 2 fully saturated rings. The van der Waals surface area contributed by atoms with E-state index in [1.807, 2.05) is 36.7 Å². The van der Waals surface area contributed by atoms with E-state index in [0.717, 1.165) is 26.6 Å². The number of carbonyl (C=O) groups is 7. The number of imide groups is 2. The molecular weight excluding hydrogens is 759 g/mol. The van der Waals surface area contributed by atoms with Gasteiger partial charge in [0, 0.05) is 31.7 Å².